The normalized spacial score (nSPS) is 30.2. The van der Waals surface area contributed by atoms with Crippen molar-refractivity contribution in [1.82, 2.24) is 14.8 Å². The molecule has 3 aliphatic heterocycles. The number of fused-ring (bicyclic) bond motifs is 5. The SMILES string of the molecule is C[C@@H](c1ccccc1)N1[C@@H]2c3ccccc3C3(CCN([NH+]([O-])[C@@H]4CN(C(C)(C)C)C[C@H]4c4ccc(F)cc4F)CC3)[C@@H]21. The molecule has 1 N–H and O–H groups in total. The maximum atomic E-state index is 15.0. The number of nitrogens with zero attached hydrogens (tertiary/aromatic N) is 3. The summed E-state index contributed by atoms with van der Waals surface area (Å²) < 4.78 is 28.8. The van der Waals surface area contributed by atoms with E-state index in [-0.39, 0.29) is 28.1 Å². The van der Waals surface area contributed by atoms with Crippen molar-refractivity contribution in [2.24, 2.45) is 0 Å². The first-order chi connectivity index (χ1) is 20.1. The van der Waals surface area contributed by atoms with E-state index in [1.807, 2.05) is 5.01 Å². The van der Waals surface area contributed by atoms with Crippen molar-refractivity contribution in [3.05, 3.63) is 112 Å². The van der Waals surface area contributed by atoms with Crippen molar-refractivity contribution in [3.8, 4) is 0 Å². The van der Waals surface area contributed by atoms with Crippen molar-refractivity contribution in [2.45, 2.75) is 81.6 Å². The molecule has 0 saturated carbocycles. The average Bonchev–Trinajstić information content (AvgIpc) is 3.47. The Morgan fingerprint density at radius 3 is 2.29 bits per heavy atom. The van der Waals surface area contributed by atoms with Gasteiger partial charge in [-0.15, -0.1) is 0 Å². The van der Waals surface area contributed by atoms with Crippen LogP contribution in [0.25, 0.3) is 0 Å². The third-order valence-corrected chi connectivity index (χ3v) is 10.9. The van der Waals surface area contributed by atoms with Crippen molar-refractivity contribution >= 4 is 0 Å². The molecule has 0 aromatic heterocycles. The molecule has 0 amide bonds. The van der Waals surface area contributed by atoms with Crippen LogP contribution in [0.15, 0.2) is 72.8 Å². The molecular formula is C35H42F2N4O. The van der Waals surface area contributed by atoms with Crippen LogP contribution in [0.4, 0.5) is 8.78 Å². The van der Waals surface area contributed by atoms with Gasteiger partial charge in [0.1, 0.15) is 17.7 Å². The molecule has 0 radical (unpaired) electrons. The molecule has 0 bridgehead atoms. The van der Waals surface area contributed by atoms with Crippen molar-refractivity contribution in [3.63, 3.8) is 0 Å². The summed E-state index contributed by atoms with van der Waals surface area (Å²) >= 11 is 0. The van der Waals surface area contributed by atoms with Gasteiger partial charge >= 0.3 is 0 Å². The molecule has 1 aliphatic carbocycles. The molecule has 7 rings (SSSR count). The molecule has 3 saturated heterocycles. The quantitative estimate of drug-likeness (QED) is 0.330. The van der Waals surface area contributed by atoms with E-state index in [9.17, 15) is 9.60 Å². The lowest BCUT2D eigenvalue weighted by Crippen LogP contribution is -3.18. The second kappa shape index (κ2) is 10.2. The first-order valence-electron chi connectivity index (χ1n) is 15.5. The van der Waals surface area contributed by atoms with Crippen molar-refractivity contribution in [2.75, 3.05) is 26.2 Å². The van der Waals surface area contributed by atoms with E-state index in [0.29, 0.717) is 49.9 Å². The topological polar surface area (TPSA) is 37.0 Å². The Labute approximate surface area is 248 Å². The number of hydrogen-bond acceptors (Lipinski definition) is 4. The first-order valence-corrected chi connectivity index (χ1v) is 15.5. The maximum absolute atomic E-state index is 15.0. The molecule has 3 fully saturated rings. The second-order valence-corrected chi connectivity index (χ2v) is 13.9. The Hall–Kier alpha value is -2.68. The molecule has 7 heteroatoms. The Morgan fingerprint density at radius 2 is 1.60 bits per heavy atom. The van der Waals surface area contributed by atoms with Crippen LogP contribution >= 0.6 is 0 Å². The van der Waals surface area contributed by atoms with Crippen LogP contribution in [-0.4, -0.2) is 58.6 Å². The predicted molar refractivity (Wildman–Crippen MR) is 161 cm³/mol. The standard InChI is InChI=1S/C35H42F2N4O/c1-23(24-10-6-5-7-11-24)40-32-27-12-8-9-13-29(27)35(33(32)40)16-18-39(19-17-35)41(42)31-22-38(34(2,3)4)21-28(31)26-15-14-25(36)20-30(26)37/h5-15,20,23,28,31-33,41H,16-19,21-22H2,1-4H3/t23-,28-,31+,32+,33+,40?/m0/s1. The fourth-order valence-electron chi connectivity index (χ4n) is 8.56. The molecule has 1 spiro atoms. The van der Waals surface area contributed by atoms with Crippen molar-refractivity contribution < 1.29 is 14.0 Å². The van der Waals surface area contributed by atoms with Crippen LogP contribution in [0, 0.1) is 16.8 Å². The van der Waals surface area contributed by atoms with Crippen LogP contribution in [0.2, 0.25) is 0 Å². The average molecular weight is 573 g/mol. The molecule has 3 heterocycles. The Bertz CT molecular complexity index is 1450. The number of halogens is 2. The van der Waals surface area contributed by atoms with Gasteiger partial charge in [-0.1, -0.05) is 60.7 Å². The van der Waals surface area contributed by atoms with E-state index in [1.165, 1.54) is 28.8 Å². The highest BCUT2D eigenvalue weighted by atomic mass is 19.1. The van der Waals surface area contributed by atoms with Gasteiger partial charge in [0.25, 0.3) is 0 Å². The maximum Gasteiger partial charge on any atom is 0.129 e. The highest BCUT2D eigenvalue weighted by Crippen LogP contribution is 2.66. The van der Waals surface area contributed by atoms with Gasteiger partial charge in [0.15, 0.2) is 0 Å². The summed E-state index contributed by atoms with van der Waals surface area (Å²) in [6, 6.07) is 24.4. The summed E-state index contributed by atoms with van der Waals surface area (Å²) in [5.41, 5.74) is 4.60. The molecule has 3 aromatic carbocycles. The molecular weight excluding hydrogens is 530 g/mol. The number of piperidine rings is 1. The van der Waals surface area contributed by atoms with E-state index in [1.54, 1.807) is 0 Å². The second-order valence-electron chi connectivity index (χ2n) is 13.9. The van der Waals surface area contributed by atoms with Gasteiger partial charge in [-0.3, -0.25) is 15.0 Å². The minimum atomic E-state index is -0.586. The highest BCUT2D eigenvalue weighted by molar-refractivity contribution is 5.52. The van der Waals surface area contributed by atoms with E-state index in [0.717, 1.165) is 18.9 Å². The van der Waals surface area contributed by atoms with Gasteiger partial charge < -0.3 is 5.21 Å². The number of quaternary nitrogens is 1. The zero-order valence-corrected chi connectivity index (χ0v) is 25.1. The number of benzene rings is 3. The summed E-state index contributed by atoms with van der Waals surface area (Å²) in [6.07, 6.45) is 1.86. The Morgan fingerprint density at radius 1 is 0.905 bits per heavy atom. The number of hydroxylamine groups is 1. The number of likely N-dealkylation sites (tertiary alicyclic amines) is 1. The van der Waals surface area contributed by atoms with Crippen molar-refractivity contribution in [1.29, 1.82) is 0 Å². The van der Waals surface area contributed by atoms with Crippen LogP contribution in [-0.2, 0) is 5.41 Å². The summed E-state index contributed by atoms with van der Waals surface area (Å²) in [7, 11) is 0. The predicted octanol–water partition coefficient (Wildman–Crippen LogP) is 5.36. The minimum absolute atomic E-state index is 0.0384. The zero-order valence-electron chi connectivity index (χ0n) is 25.1. The number of hydrogen-bond donors (Lipinski definition) is 1. The van der Waals surface area contributed by atoms with Crippen LogP contribution in [0.1, 0.15) is 80.8 Å². The first kappa shape index (κ1) is 28.1. The Kier molecular flexibility index (Phi) is 6.83. The fraction of sp³-hybridized carbons (Fsp3) is 0.486. The number of nitrogens with one attached hydrogen (secondary N) is 1. The molecule has 222 valence electrons. The molecule has 3 aromatic rings. The van der Waals surface area contributed by atoms with Gasteiger partial charge in [0, 0.05) is 48.7 Å². The third-order valence-electron chi connectivity index (χ3n) is 10.9. The van der Waals surface area contributed by atoms with E-state index < -0.39 is 11.6 Å². The highest BCUT2D eigenvalue weighted by Gasteiger charge is 2.68. The van der Waals surface area contributed by atoms with Gasteiger partial charge in [0.2, 0.25) is 0 Å². The van der Waals surface area contributed by atoms with Crippen LogP contribution < -0.4 is 5.17 Å². The summed E-state index contributed by atoms with van der Waals surface area (Å²) in [5.74, 6) is -1.44. The summed E-state index contributed by atoms with van der Waals surface area (Å²) in [5, 5.41) is 16.4. The van der Waals surface area contributed by atoms with E-state index >= 15 is 4.39 Å². The molecule has 5 nitrogen and oxygen atoms in total. The van der Waals surface area contributed by atoms with E-state index in [2.05, 4.69) is 92.1 Å². The van der Waals surface area contributed by atoms with E-state index in [4.69, 9.17) is 0 Å². The molecule has 4 aliphatic rings. The lowest BCUT2D eigenvalue weighted by Gasteiger charge is -2.47. The molecule has 2 unspecified atom stereocenters. The molecule has 7 atom stereocenters. The van der Waals surface area contributed by atoms with Crippen LogP contribution in [0.3, 0.4) is 0 Å². The largest absolute Gasteiger partial charge is 0.613 e. The van der Waals surface area contributed by atoms with Gasteiger partial charge in [0.05, 0.1) is 18.5 Å². The zero-order chi connectivity index (χ0) is 29.4. The summed E-state index contributed by atoms with van der Waals surface area (Å²) in [4.78, 5) is 4.96. The van der Waals surface area contributed by atoms with Gasteiger partial charge in [-0.25, -0.2) is 8.78 Å². The summed E-state index contributed by atoms with van der Waals surface area (Å²) in [6.45, 7) is 11.3. The lowest BCUT2D eigenvalue weighted by atomic mass is 9.72. The van der Waals surface area contributed by atoms with Gasteiger partial charge in [-0.05, 0) is 68.9 Å². The Balaban J connectivity index is 1.13. The third kappa shape index (κ3) is 4.44. The fourth-order valence-corrected chi connectivity index (χ4v) is 8.56. The minimum Gasteiger partial charge on any atom is -0.613 e. The molecule has 42 heavy (non-hydrogen) atoms. The van der Waals surface area contributed by atoms with Crippen LogP contribution in [0.5, 0.6) is 0 Å². The van der Waals surface area contributed by atoms with Gasteiger partial charge in [-0.2, -0.15) is 5.01 Å². The lowest BCUT2D eigenvalue weighted by molar-refractivity contribution is -0.995. The monoisotopic (exact) mass is 572 g/mol. The smallest absolute Gasteiger partial charge is 0.129 e. The number of rotatable bonds is 5.